The zero-order valence-electron chi connectivity index (χ0n) is 11.8. The first kappa shape index (κ1) is 14.6. The van der Waals surface area contributed by atoms with Crippen molar-refractivity contribution in [2.75, 3.05) is 13.1 Å². The van der Waals surface area contributed by atoms with Crippen LogP contribution in [0.4, 0.5) is 0 Å². The summed E-state index contributed by atoms with van der Waals surface area (Å²) in [7, 11) is 0. The Morgan fingerprint density at radius 3 is 2.20 bits per heavy atom. The molecule has 0 radical (unpaired) electrons. The van der Waals surface area contributed by atoms with Gasteiger partial charge < -0.3 is 10.0 Å². The number of likely N-dealkylation sites (tertiary alicyclic amines) is 1. The maximum Gasteiger partial charge on any atom is 0.335 e. The van der Waals surface area contributed by atoms with Crippen LogP contribution in [0.25, 0.3) is 0 Å². The number of carbonyl (C=O) groups is 2. The molecule has 1 aliphatic heterocycles. The normalized spacial score (nSPS) is 16.1. The lowest BCUT2D eigenvalue weighted by molar-refractivity contribution is 0.0677. The molecule has 0 aliphatic carbocycles. The predicted octanol–water partition coefficient (Wildman–Crippen LogP) is 3.04. The first-order valence-corrected chi connectivity index (χ1v) is 7.24. The van der Waals surface area contributed by atoms with Crippen LogP contribution < -0.4 is 0 Å². The molecule has 0 bridgehead atoms. The Hall–Kier alpha value is -1.84. The number of nitrogens with zero attached hydrogens (tertiary/aromatic N) is 1. The third-order valence-electron chi connectivity index (χ3n) is 3.98. The molecule has 1 N–H and O–H groups in total. The second-order valence-electron chi connectivity index (χ2n) is 5.41. The second kappa shape index (κ2) is 6.55. The summed E-state index contributed by atoms with van der Waals surface area (Å²) < 4.78 is 0. The van der Waals surface area contributed by atoms with Crippen LogP contribution >= 0.6 is 0 Å². The zero-order chi connectivity index (χ0) is 14.5. The molecule has 108 valence electrons. The number of piperidine rings is 1. The summed E-state index contributed by atoms with van der Waals surface area (Å²) in [5, 5.41) is 8.85. The Bertz CT molecular complexity index is 473. The third kappa shape index (κ3) is 3.38. The van der Waals surface area contributed by atoms with Gasteiger partial charge in [-0.05, 0) is 43.0 Å². The third-order valence-corrected chi connectivity index (χ3v) is 3.98. The molecule has 4 heteroatoms. The molecule has 0 unspecified atom stereocenters. The van der Waals surface area contributed by atoms with E-state index in [0.717, 1.165) is 31.8 Å². The number of carbonyl (C=O) groups excluding carboxylic acids is 1. The number of amides is 1. The summed E-state index contributed by atoms with van der Waals surface area (Å²) in [4.78, 5) is 25.0. The van der Waals surface area contributed by atoms with Crippen molar-refractivity contribution in [1.82, 2.24) is 4.90 Å². The summed E-state index contributed by atoms with van der Waals surface area (Å²) in [6, 6.07) is 6.17. The van der Waals surface area contributed by atoms with Crippen molar-refractivity contribution in [2.45, 2.75) is 32.6 Å². The van der Waals surface area contributed by atoms with Gasteiger partial charge in [0.2, 0.25) is 0 Å². The number of rotatable bonds is 4. The van der Waals surface area contributed by atoms with E-state index >= 15 is 0 Å². The van der Waals surface area contributed by atoms with Crippen LogP contribution in [0, 0.1) is 5.92 Å². The van der Waals surface area contributed by atoms with Crippen molar-refractivity contribution in [3.05, 3.63) is 35.4 Å². The highest BCUT2D eigenvalue weighted by Crippen LogP contribution is 2.22. The Kier molecular flexibility index (Phi) is 4.77. The molecular weight excluding hydrogens is 254 g/mol. The van der Waals surface area contributed by atoms with Crippen molar-refractivity contribution in [1.29, 1.82) is 0 Å². The fourth-order valence-electron chi connectivity index (χ4n) is 2.77. The van der Waals surface area contributed by atoms with Gasteiger partial charge in [0.05, 0.1) is 5.56 Å². The number of hydrogen-bond donors (Lipinski definition) is 1. The van der Waals surface area contributed by atoms with E-state index < -0.39 is 5.97 Å². The number of benzene rings is 1. The summed E-state index contributed by atoms with van der Waals surface area (Å²) in [5.41, 5.74) is 0.784. The van der Waals surface area contributed by atoms with E-state index in [9.17, 15) is 9.59 Å². The molecular formula is C16H21NO3. The van der Waals surface area contributed by atoms with Crippen LogP contribution in [0.2, 0.25) is 0 Å². The van der Waals surface area contributed by atoms with Gasteiger partial charge in [0.25, 0.3) is 5.91 Å². The van der Waals surface area contributed by atoms with Gasteiger partial charge in [-0.15, -0.1) is 0 Å². The van der Waals surface area contributed by atoms with Crippen molar-refractivity contribution in [2.24, 2.45) is 5.92 Å². The summed E-state index contributed by atoms with van der Waals surface area (Å²) in [6.45, 7) is 3.82. The zero-order valence-corrected chi connectivity index (χ0v) is 11.8. The van der Waals surface area contributed by atoms with Gasteiger partial charge in [0, 0.05) is 18.7 Å². The van der Waals surface area contributed by atoms with Gasteiger partial charge >= 0.3 is 5.97 Å². The summed E-state index contributed by atoms with van der Waals surface area (Å²) in [6.07, 6.45) is 4.60. The van der Waals surface area contributed by atoms with Crippen LogP contribution in [0.1, 0.15) is 53.3 Å². The van der Waals surface area contributed by atoms with Crippen LogP contribution in [-0.2, 0) is 0 Å². The lowest BCUT2D eigenvalue weighted by atomic mass is 9.92. The fraction of sp³-hybridized carbons (Fsp3) is 0.500. The molecule has 0 aromatic heterocycles. The molecule has 1 aliphatic rings. The maximum atomic E-state index is 12.3. The summed E-state index contributed by atoms with van der Waals surface area (Å²) in [5.74, 6) is -0.209. The van der Waals surface area contributed by atoms with E-state index in [1.54, 1.807) is 12.1 Å². The lowest BCUT2D eigenvalue weighted by Crippen LogP contribution is -2.38. The molecule has 0 atom stereocenters. The van der Waals surface area contributed by atoms with Gasteiger partial charge in [-0.3, -0.25) is 4.79 Å². The van der Waals surface area contributed by atoms with Crippen LogP contribution in [0.3, 0.4) is 0 Å². The molecule has 0 spiro atoms. The number of aromatic carboxylic acids is 1. The Morgan fingerprint density at radius 2 is 1.70 bits per heavy atom. The standard InChI is InChI=1S/C16H21NO3/c1-2-3-12-8-10-17(11-9-12)15(18)13-4-6-14(7-5-13)16(19)20/h4-7,12H,2-3,8-11H2,1H3,(H,19,20). The Labute approximate surface area is 119 Å². The van der Waals surface area contributed by atoms with Gasteiger partial charge in [-0.1, -0.05) is 19.8 Å². The van der Waals surface area contributed by atoms with Crippen LogP contribution in [0.5, 0.6) is 0 Å². The topological polar surface area (TPSA) is 57.6 Å². The molecule has 1 aromatic carbocycles. The molecule has 0 saturated carbocycles. The molecule has 1 fully saturated rings. The largest absolute Gasteiger partial charge is 0.478 e. The molecule has 4 nitrogen and oxygen atoms in total. The van der Waals surface area contributed by atoms with E-state index in [1.165, 1.54) is 25.0 Å². The highest BCUT2D eigenvalue weighted by Gasteiger charge is 2.23. The van der Waals surface area contributed by atoms with E-state index in [2.05, 4.69) is 6.92 Å². The second-order valence-corrected chi connectivity index (χ2v) is 5.41. The molecule has 1 amide bonds. The van der Waals surface area contributed by atoms with Gasteiger partial charge in [-0.25, -0.2) is 4.79 Å². The number of carboxylic acids is 1. The minimum Gasteiger partial charge on any atom is -0.478 e. The predicted molar refractivity (Wildman–Crippen MR) is 76.9 cm³/mol. The van der Waals surface area contributed by atoms with Crippen molar-refractivity contribution in [3.8, 4) is 0 Å². The SMILES string of the molecule is CCCC1CCN(C(=O)c2ccc(C(=O)O)cc2)CC1. The average molecular weight is 275 g/mol. The van der Waals surface area contributed by atoms with Crippen molar-refractivity contribution >= 4 is 11.9 Å². The molecule has 1 saturated heterocycles. The lowest BCUT2D eigenvalue weighted by Gasteiger charge is -2.32. The van der Waals surface area contributed by atoms with Crippen molar-refractivity contribution in [3.63, 3.8) is 0 Å². The first-order valence-electron chi connectivity index (χ1n) is 7.24. The van der Waals surface area contributed by atoms with E-state index in [4.69, 9.17) is 5.11 Å². The Morgan fingerprint density at radius 1 is 1.15 bits per heavy atom. The molecule has 1 heterocycles. The molecule has 20 heavy (non-hydrogen) atoms. The highest BCUT2D eigenvalue weighted by atomic mass is 16.4. The minimum absolute atomic E-state index is 0.0110. The number of hydrogen-bond acceptors (Lipinski definition) is 2. The van der Waals surface area contributed by atoms with E-state index in [-0.39, 0.29) is 11.5 Å². The minimum atomic E-state index is -0.968. The van der Waals surface area contributed by atoms with Gasteiger partial charge in [0.1, 0.15) is 0 Å². The first-order chi connectivity index (χ1) is 9.61. The molecule has 2 rings (SSSR count). The van der Waals surface area contributed by atoms with Gasteiger partial charge in [-0.2, -0.15) is 0 Å². The maximum absolute atomic E-state index is 12.3. The van der Waals surface area contributed by atoms with Crippen LogP contribution in [-0.4, -0.2) is 35.0 Å². The van der Waals surface area contributed by atoms with Gasteiger partial charge in [0.15, 0.2) is 0 Å². The quantitative estimate of drug-likeness (QED) is 0.918. The smallest absolute Gasteiger partial charge is 0.335 e. The fourth-order valence-corrected chi connectivity index (χ4v) is 2.77. The van der Waals surface area contributed by atoms with E-state index in [0.29, 0.717) is 5.56 Å². The average Bonchev–Trinajstić information content (AvgIpc) is 2.48. The Balaban J connectivity index is 1.96. The highest BCUT2D eigenvalue weighted by molar-refractivity contribution is 5.95. The van der Waals surface area contributed by atoms with Crippen LogP contribution in [0.15, 0.2) is 24.3 Å². The van der Waals surface area contributed by atoms with E-state index in [1.807, 2.05) is 4.90 Å². The number of carboxylic acid groups (broad SMARTS) is 1. The monoisotopic (exact) mass is 275 g/mol. The summed E-state index contributed by atoms with van der Waals surface area (Å²) >= 11 is 0. The molecule has 1 aromatic rings. The van der Waals surface area contributed by atoms with Crippen molar-refractivity contribution < 1.29 is 14.7 Å².